The van der Waals surface area contributed by atoms with Gasteiger partial charge in [0.05, 0.1) is 0 Å². The van der Waals surface area contributed by atoms with Crippen molar-refractivity contribution in [1.82, 2.24) is 4.90 Å². The van der Waals surface area contributed by atoms with Crippen LogP contribution in [0.5, 0.6) is 0 Å². The number of carbonyl (C=O) groups excluding carboxylic acids is 1. The third kappa shape index (κ3) is 2.90. The molecule has 1 aromatic rings. The molecule has 0 aromatic heterocycles. The number of carbonyl (C=O) groups is 1. The number of amides is 2. The highest BCUT2D eigenvalue weighted by Crippen LogP contribution is 2.19. The lowest BCUT2D eigenvalue weighted by atomic mass is 10.1. The van der Waals surface area contributed by atoms with Gasteiger partial charge in [-0.1, -0.05) is 0 Å². The number of piperidine rings is 1. The van der Waals surface area contributed by atoms with Crippen LogP contribution in [0.15, 0.2) is 18.2 Å². The molecule has 0 radical (unpaired) electrons. The van der Waals surface area contributed by atoms with E-state index in [4.69, 9.17) is 5.73 Å². The minimum atomic E-state index is -0.00225. The van der Waals surface area contributed by atoms with Crippen LogP contribution >= 0.6 is 0 Å². The summed E-state index contributed by atoms with van der Waals surface area (Å²) in [6.45, 7) is 3.67. The average molecular weight is 233 g/mol. The normalized spacial score (nSPS) is 15.7. The number of nitrogens with two attached hydrogens (primary N) is 1. The van der Waals surface area contributed by atoms with E-state index in [0.29, 0.717) is 0 Å². The van der Waals surface area contributed by atoms with Crippen LogP contribution < -0.4 is 11.1 Å². The molecular weight excluding hydrogens is 214 g/mol. The average Bonchev–Trinajstić information content (AvgIpc) is 2.34. The molecule has 1 aliphatic rings. The van der Waals surface area contributed by atoms with Gasteiger partial charge in [-0.3, -0.25) is 0 Å². The second kappa shape index (κ2) is 5.08. The van der Waals surface area contributed by atoms with Gasteiger partial charge in [-0.15, -0.1) is 0 Å². The number of nitrogen functional groups attached to an aromatic ring is 1. The van der Waals surface area contributed by atoms with Crippen molar-refractivity contribution in [3.05, 3.63) is 23.8 Å². The zero-order chi connectivity index (χ0) is 12.3. The standard InChI is InChI=1S/C13H19N3O/c1-10-9-11(14)5-6-12(10)15-13(17)16-7-3-2-4-8-16/h5-6,9H,2-4,7-8,14H2,1H3,(H,15,17). The Balaban J connectivity index is 2.02. The molecule has 0 spiro atoms. The Morgan fingerprint density at radius 1 is 1.29 bits per heavy atom. The van der Waals surface area contributed by atoms with Gasteiger partial charge in [-0.25, -0.2) is 4.79 Å². The van der Waals surface area contributed by atoms with Gasteiger partial charge in [0.2, 0.25) is 0 Å². The van der Waals surface area contributed by atoms with Gasteiger partial charge in [-0.05, 0) is 49.9 Å². The SMILES string of the molecule is Cc1cc(N)ccc1NC(=O)N1CCCCC1. The van der Waals surface area contributed by atoms with Crippen LogP contribution in [0.25, 0.3) is 0 Å². The topological polar surface area (TPSA) is 58.4 Å². The van der Waals surface area contributed by atoms with Crippen molar-refractivity contribution < 1.29 is 4.79 Å². The Hall–Kier alpha value is -1.71. The zero-order valence-corrected chi connectivity index (χ0v) is 10.2. The van der Waals surface area contributed by atoms with Gasteiger partial charge in [0.25, 0.3) is 0 Å². The van der Waals surface area contributed by atoms with Gasteiger partial charge in [0.15, 0.2) is 0 Å². The first kappa shape index (κ1) is 11.8. The Kier molecular flexibility index (Phi) is 3.52. The van der Waals surface area contributed by atoms with Crippen LogP contribution in [0.2, 0.25) is 0 Å². The summed E-state index contributed by atoms with van der Waals surface area (Å²) in [6.07, 6.45) is 3.44. The predicted molar refractivity (Wildman–Crippen MR) is 70.0 cm³/mol. The molecule has 0 atom stereocenters. The van der Waals surface area contributed by atoms with E-state index >= 15 is 0 Å². The molecule has 0 bridgehead atoms. The first-order chi connectivity index (χ1) is 8.16. The molecule has 3 N–H and O–H groups in total. The summed E-state index contributed by atoms with van der Waals surface area (Å²) in [5, 5.41) is 2.94. The summed E-state index contributed by atoms with van der Waals surface area (Å²) in [5.41, 5.74) is 8.24. The van der Waals surface area contributed by atoms with Crippen LogP contribution in [0.3, 0.4) is 0 Å². The van der Waals surface area contributed by atoms with Crippen LogP contribution in [-0.2, 0) is 0 Å². The van der Waals surface area contributed by atoms with Gasteiger partial charge < -0.3 is 16.0 Å². The van der Waals surface area contributed by atoms with Crippen molar-refractivity contribution in [3.63, 3.8) is 0 Å². The van der Waals surface area contributed by atoms with Crippen molar-refractivity contribution in [2.45, 2.75) is 26.2 Å². The van der Waals surface area contributed by atoms with Crippen molar-refractivity contribution >= 4 is 17.4 Å². The number of benzene rings is 1. The number of urea groups is 1. The smallest absolute Gasteiger partial charge is 0.321 e. The van der Waals surface area contributed by atoms with Gasteiger partial charge in [0, 0.05) is 24.5 Å². The maximum Gasteiger partial charge on any atom is 0.321 e. The number of hydrogen-bond donors (Lipinski definition) is 2. The third-order valence-corrected chi connectivity index (χ3v) is 3.14. The van der Waals surface area contributed by atoms with E-state index in [1.807, 2.05) is 24.0 Å². The minimum Gasteiger partial charge on any atom is -0.399 e. The molecule has 1 heterocycles. The van der Waals surface area contributed by atoms with E-state index in [1.54, 1.807) is 6.07 Å². The lowest BCUT2D eigenvalue weighted by Crippen LogP contribution is -2.38. The molecule has 1 saturated heterocycles. The molecular formula is C13H19N3O. The van der Waals surface area contributed by atoms with Gasteiger partial charge >= 0.3 is 6.03 Å². The molecule has 4 nitrogen and oxygen atoms in total. The molecule has 92 valence electrons. The van der Waals surface area contributed by atoms with Crippen LogP contribution in [0.1, 0.15) is 24.8 Å². The van der Waals surface area contributed by atoms with Gasteiger partial charge in [0.1, 0.15) is 0 Å². The number of anilines is 2. The highest BCUT2D eigenvalue weighted by atomic mass is 16.2. The number of hydrogen-bond acceptors (Lipinski definition) is 2. The molecule has 17 heavy (non-hydrogen) atoms. The van der Waals surface area contributed by atoms with E-state index in [1.165, 1.54) is 6.42 Å². The highest BCUT2D eigenvalue weighted by molar-refractivity contribution is 5.90. The second-order valence-corrected chi connectivity index (χ2v) is 4.55. The third-order valence-electron chi connectivity index (χ3n) is 3.14. The fourth-order valence-electron chi connectivity index (χ4n) is 2.12. The predicted octanol–water partition coefficient (Wildman–Crippen LogP) is 2.60. The summed E-state index contributed by atoms with van der Waals surface area (Å²) in [5.74, 6) is 0. The number of nitrogens with one attached hydrogen (secondary N) is 1. The lowest BCUT2D eigenvalue weighted by Gasteiger charge is -2.27. The lowest BCUT2D eigenvalue weighted by molar-refractivity contribution is 0.200. The van der Waals surface area contributed by atoms with Crippen LogP contribution in [0, 0.1) is 6.92 Å². The van der Waals surface area contributed by atoms with Crippen molar-refractivity contribution in [2.75, 3.05) is 24.1 Å². The fraction of sp³-hybridized carbons (Fsp3) is 0.462. The first-order valence-electron chi connectivity index (χ1n) is 6.09. The number of rotatable bonds is 1. The molecule has 2 rings (SSSR count). The fourth-order valence-corrected chi connectivity index (χ4v) is 2.12. The zero-order valence-electron chi connectivity index (χ0n) is 10.2. The molecule has 0 unspecified atom stereocenters. The Bertz CT molecular complexity index is 411. The molecule has 4 heteroatoms. The van der Waals surface area contributed by atoms with E-state index in [9.17, 15) is 4.79 Å². The molecule has 1 fully saturated rings. The van der Waals surface area contributed by atoms with E-state index in [-0.39, 0.29) is 6.03 Å². The maximum absolute atomic E-state index is 12.0. The molecule has 1 aromatic carbocycles. The van der Waals surface area contributed by atoms with Crippen LogP contribution in [-0.4, -0.2) is 24.0 Å². The Morgan fingerprint density at radius 3 is 2.65 bits per heavy atom. The Morgan fingerprint density at radius 2 is 2.00 bits per heavy atom. The van der Waals surface area contributed by atoms with Gasteiger partial charge in [-0.2, -0.15) is 0 Å². The van der Waals surface area contributed by atoms with Crippen molar-refractivity contribution in [1.29, 1.82) is 0 Å². The number of aryl methyl sites for hydroxylation is 1. The van der Waals surface area contributed by atoms with E-state index < -0.39 is 0 Å². The van der Waals surface area contributed by atoms with E-state index in [2.05, 4.69) is 5.32 Å². The summed E-state index contributed by atoms with van der Waals surface area (Å²) >= 11 is 0. The quantitative estimate of drug-likeness (QED) is 0.732. The van der Waals surface area contributed by atoms with Crippen molar-refractivity contribution in [2.24, 2.45) is 0 Å². The maximum atomic E-state index is 12.0. The Labute approximate surface area is 102 Å². The molecule has 0 aliphatic carbocycles. The summed E-state index contributed by atoms with van der Waals surface area (Å²) in [6, 6.07) is 5.52. The highest BCUT2D eigenvalue weighted by Gasteiger charge is 2.16. The molecule has 1 aliphatic heterocycles. The number of nitrogens with zero attached hydrogens (tertiary/aromatic N) is 1. The largest absolute Gasteiger partial charge is 0.399 e. The first-order valence-corrected chi connectivity index (χ1v) is 6.09. The second-order valence-electron chi connectivity index (χ2n) is 4.55. The molecule has 0 saturated carbocycles. The molecule has 2 amide bonds. The summed E-state index contributed by atoms with van der Waals surface area (Å²) in [7, 11) is 0. The summed E-state index contributed by atoms with van der Waals surface area (Å²) in [4.78, 5) is 13.9. The van der Waals surface area contributed by atoms with Crippen LogP contribution in [0.4, 0.5) is 16.2 Å². The summed E-state index contributed by atoms with van der Waals surface area (Å²) < 4.78 is 0. The van der Waals surface area contributed by atoms with Crippen molar-refractivity contribution in [3.8, 4) is 0 Å². The minimum absolute atomic E-state index is 0.00225. The monoisotopic (exact) mass is 233 g/mol. The van der Waals surface area contributed by atoms with E-state index in [0.717, 1.165) is 42.9 Å². The number of likely N-dealkylation sites (tertiary alicyclic amines) is 1.